The van der Waals surface area contributed by atoms with Crippen LogP contribution in [0.4, 0.5) is 5.69 Å². The van der Waals surface area contributed by atoms with Crippen LogP contribution in [-0.4, -0.2) is 10.9 Å². The summed E-state index contributed by atoms with van der Waals surface area (Å²) in [5.41, 5.74) is 6.19. The van der Waals surface area contributed by atoms with Crippen LogP contribution in [0.5, 0.6) is 0 Å². The number of halogens is 3. The lowest BCUT2D eigenvalue weighted by molar-refractivity contribution is 0.102. The number of amides is 1. The maximum absolute atomic E-state index is 12.0. The average molecular weight is 381 g/mol. The third kappa shape index (κ3) is 3.27. The summed E-state index contributed by atoms with van der Waals surface area (Å²) >= 11 is 16.6. The number of nitrogens with one attached hydrogen (secondary N) is 1. The van der Waals surface area contributed by atoms with E-state index in [-0.39, 0.29) is 10.9 Å². The third-order valence-electron chi connectivity index (χ3n) is 2.24. The van der Waals surface area contributed by atoms with Crippen LogP contribution in [0.25, 0.3) is 0 Å². The van der Waals surface area contributed by atoms with Crippen molar-refractivity contribution in [3.63, 3.8) is 0 Å². The second-order valence-corrected chi connectivity index (χ2v) is 6.06. The summed E-state index contributed by atoms with van der Waals surface area (Å²) in [6.07, 6.45) is 0. The third-order valence-corrected chi connectivity index (χ3v) is 4.88. The van der Waals surface area contributed by atoms with Crippen molar-refractivity contribution in [2.24, 2.45) is 5.73 Å². The molecular formula is C11H8BrCl2N3OS. The van der Waals surface area contributed by atoms with E-state index in [1.54, 1.807) is 17.5 Å². The Morgan fingerprint density at radius 1 is 1.42 bits per heavy atom. The zero-order valence-electron chi connectivity index (χ0n) is 9.41. The summed E-state index contributed by atoms with van der Waals surface area (Å²) in [4.78, 5) is 16.1. The Kier molecular flexibility index (Phi) is 4.81. The Balaban J connectivity index is 2.21. The Bertz CT molecular complexity index is 632. The van der Waals surface area contributed by atoms with Crippen molar-refractivity contribution in [2.45, 2.75) is 6.54 Å². The molecule has 100 valence electrons. The van der Waals surface area contributed by atoms with Gasteiger partial charge in [-0.2, -0.15) is 0 Å². The summed E-state index contributed by atoms with van der Waals surface area (Å²) in [7, 11) is 0. The van der Waals surface area contributed by atoms with E-state index in [1.165, 1.54) is 11.3 Å². The van der Waals surface area contributed by atoms with Gasteiger partial charge in [0.05, 0.1) is 15.7 Å². The first-order chi connectivity index (χ1) is 9.02. The minimum Gasteiger partial charge on any atom is -0.325 e. The Hall–Kier alpha value is -0.660. The maximum Gasteiger partial charge on any atom is 0.275 e. The quantitative estimate of drug-likeness (QED) is 0.792. The standard InChI is InChI=1S/C11H8BrCl2N3OS/c12-5-1-2-6(10(14)9(5)13)17-11(18)7-4-19-8(3-15)16-7/h1-2,4H,3,15H2,(H,17,18). The predicted octanol–water partition coefficient (Wildman–Crippen LogP) is 3.92. The van der Waals surface area contributed by atoms with Crippen molar-refractivity contribution in [1.82, 2.24) is 4.98 Å². The van der Waals surface area contributed by atoms with Gasteiger partial charge < -0.3 is 11.1 Å². The molecule has 0 bridgehead atoms. The minimum atomic E-state index is -0.351. The van der Waals surface area contributed by atoms with Gasteiger partial charge in [-0.15, -0.1) is 11.3 Å². The van der Waals surface area contributed by atoms with Crippen molar-refractivity contribution < 1.29 is 4.79 Å². The number of hydrogen-bond donors (Lipinski definition) is 2. The largest absolute Gasteiger partial charge is 0.325 e. The number of rotatable bonds is 3. The number of anilines is 1. The molecule has 0 aliphatic carbocycles. The highest BCUT2D eigenvalue weighted by Gasteiger charge is 2.14. The van der Waals surface area contributed by atoms with Crippen molar-refractivity contribution in [3.05, 3.63) is 42.7 Å². The fraction of sp³-hybridized carbons (Fsp3) is 0.0909. The highest BCUT2D eigenvalue weighted by Crippen LogP contribution is 2.35. The van der Waals surface area contributed by atoms with Crippen LogP contribution in [-0.2, 0) is 6.54 Å². The first kappa shape index (κ1) is 14.7. The summed E-state index contributed by atoms with van der Waals surface area (Å²) in [5.74, 6) is -0.351. The SMILES string of the molecule is NCc1nc(C(=O)Nc2ccc(Br)c(Cl)c2Cl)cs1. The number of nitrogens with two attached hydrogens (primary N) is 1. The summed E-state index contributed by atoms with van der Waals surface area (Å²) < 4.78 is 0.663. The summed E-state index contributed by atoms with van der Waals surface area (Å²) in [6, 6.07) is 3.36. The highest BCUT2D eigenvalue weighted by molar-refractivity contribution is 9.10. The lowest BCUT2D eigenvalue weighted by Gasteiger charge is -2.08. The molecule has 1 aromatic heterocycles. The van der Waals surface area contributed by atoms with Crippen molar-refractivity contribution >= 4 is 62.1 Å². The topological polar surface area (TPSA) is 68.0 Å². The van der Waals surface area contributed by atoms with Crippen LogP contribution in [0, 0.1) is 0 Å². The normalized spacial score (nSPS) is 10.5. The van der Waals surface area contributed by atoms with Crippen LogP contribution in [0.15, 0.2) is 22.0 Å². The van der Waals surface area contributed by atoms with Gasteiger partial charge in [0.2, 0.25) is 0 Å². The van der Waals surface area contributed by atoms with Gasteiger partial charge in [-0.05, 0) is 28.1 Å². The number of carbonyl (C=O) groups excluding carboxylic acids is 1. The molecular weight excluding hydrogens is 373 g/mol. The number of nitrogens with zero attached hydrogens (tertiary/aromatic N) is 1. The van der Waals surface area contributed by atoms with E-state index in [4.69, 9.17) is 28.9 Å². The van der Waals surface area contributed by atoms with E-state index in [0.29, 0.717) is 32.4 Å². The number of thiazole rings is 1. The van der Waals surface area contributed by atoms with Crippen LogP contribution in [0.2, 0.25) is 10.0 Å². The molecule has 0 fully saturated rings. The number of hydrogen-bond acceptors (Lipinski definition) is 4. The van der Waals surface area contributed by atoms with Gasteiger partial charge in [-0.1, -0.05) is 23.2 Å². The van der Waals surface area contributed by atoms with Gasteiger partial charge in [0.15, 0.2) is 0 Å². The van der Waals surface area contributed by atoms with Gasteiger partial charge in [-0.25, -0.2) is 4.98 Å². The first-order valence-corrected chi connectivity index (χ1v) is 7.55. The monoisotopic (exact) mass is 379 g/mol. The first-order valence-electron chi connectivity index (χ1n) is 5.12. The van der Waals surface area contributed by atoms with E-state index in [9.17, 15) is 4.79 Å². The molecule has 0 saturated heterocycles. The number of benzene rings is 1. The molecule has 0 aliphatic rings. The molecule has 0 radical (unpaired) electrons. The molecule has 3 N–H and O–H groups in total. The Morgan fingerprint density at radius 2 is 2.16 bits per heavy atom. The zero-order valence-corrected chi connectivity index (χ0v) is 13.3. The van der Waals surface area contributed by atoms with Crippen LogP contribution < -0.4 is 11.1 Å². The summed E-state index contributed by atoms with van der Waals surface area (Å²) in [6.45, 7) is 0.308. The van der Waals surface area contributed by atoms with E-state index >= 15 is 0 Å². The van der Waals surface area contributed by atoms with Gasteiger partial charge in [-0.3, -0.25) is 4.79 Å². The van der Waals surface area contributed by atoms with E-state index in [2.05, 4.69) is 26.2 Å². The molecule has 1 amide bonds. The fourth-order valence-electron chi connectivity index (χ4n) is 1.32. The van der Waals surface area contributed by atoms with Crippen molar-refractivity contribution in [2.75, 3.05) is 5.32 Å². The van der Waals surface area contributed by atoms with E-state index < -0.39 is 0 Å². The number of carbonyl (C=O) groups is 1. The molecule has 0 unspecified atom stereocenters. The predicted molar refractivity (Wildman–Crippen MR) is 82.1 cm³/mol. The van der Waals surface area contributed by atoms with E-state index in [1.807, 2.05) is 0 Å². The van der Waals surface area contributed by atoms with Gasteiger partial charge in [0.25, 0.3) is 5.91 Å². The second-order valence-electron chi connectivity index (χ2n) is 3.51. The highest BCUT2D eigenvalue weighted by atomic mass is 79.9. The molecule has 19 heavy (non-hydrogen) atoms. The van der Waals surface area contributed by atoms with E-state index in [0.717, 1.165) is 0 Å². The molecule has 1 aromatic carbocycles. The van der Waals surface area contributed by atoms with Crippen molar-refractivity contribution in [1.29, 1.82) is 0 Å². The lowest BCUT2D eigenvalue weighted by atomic mass is 10.3. The molecule has 4 nitrogen and oxygen atoms in total. The molecule has 0 spiro atoms. The number of aromatic nitrogens is 1. The average Bonchev–Trinajstić information content (AvgIpc) is 2.88. The zero-order chi connectivity index (χ0) is 14.0. The Labute approximate surface area is 132 Å². The Morgan fingerprint density at radius 3 is 2.79 bits per heavy atom. The molecule has 1 heterocycles. The van der Waals surface area contributed by atoms with Gasteiger partial charge >= 0.3 is 0 Å². The molecule has 2 aromatic rings. The summed E-state index contributed by atoms with van der Waals surface area (Å²) in [5, 5.41) is 5.63. The molecule has 0 aliphatic heterocycles. The minimum absolute atomic E-state index is 0.277. The molecule has 0 saturated carbocycles. The second kappa shape index (κ2) is 6.19. The van der Waals surface area contributed by atoms with Crippen LogP contribution >= 0.6 is 50.5 Å². The molecule has 8 heteroatoms. The fourth-order valence-corrected chi connectivity index (χ4v) is 2.79. The van der Waals surface area contributed by atoms with Crippen LogP contribution in [0.3, 0.4) is 0 Å². The smallest absolute Gasteiger partial charge is 0.275 e. The molecule has 0 atom stereocenters. The van der Waals surface area contributed by atoms with Crippen LogP contribution in [0.1, 0.15) is 15.5 Å². The maximum atomic E-state index is 12.0. The van der Waals surface area contributed by atoms with Gasteiger partial charge in [0, 0.05) is 16.4 Å². The van der Waals surface area contributed by atoms with Crippen molar-refractivity contribution in [3.8, 4) is 0 Å². The lowest BCUT2D eigenvalue weighted by Crippen LogP contribution is -2.13. The van der Waals surface area contributed by atoms with Gasteiger partial charge in [0.1, 0.15) is 10.7 Å². The molecule has 2 rings (SSSR count).